The number of aromatic nitrogens is 2. The van der Waals surface area contributed by atoms with Crippen molar-refractivity contribution in [3.8, 4) is 28.1 Å². The van der Waals surface area contributed by atoms with Gasteiger partial charge in [-0.1, -0.05) is 6.07 Å². The number of anilines is 1. The highest BCUT2D eigenvalue weighted by atomic mass is 32.1. The molecule has 0 fully saturated rings. The lowest BCUT2D eigenvalue weighted by Crippen LogP contribution is -2.05. The van der Waals surface area contributed by atoms with E-state index in [1.54, 1.807) is 23.6 Å². The number of fused-ring (bicyclic) bond motifs is 3. The van der Waals surface area contributed by atoms with Crippen LogP contribution in [0, 0.1) is 0 Å². The summed E-state index contributed by atoms with van der Waals surface area (Å²) in [6, 6.07) is 9.96. The van der Waals surface area contributed by atoms with Crippen LogP contribution < -0.4 is 16.2 Å². The zero-order chi connectivity index (χ0) is 20.4. The maximum Gasteiger partial charge on any atom is 0.185 e. The second-order valence-electron chi connectivity index (χ2n) is 6.90. The molecular weight excluding hydrogens is 384 g/mol. The topological polar surface area (TPSA) is 112 Å². The maximum atomic E-state index is 6.03. The lowest BCUT2D eigenvalue weighted by atomic mass is 10.0. The van der Waals surface area contributed by atoms with E-state index < -0.39 is 0 Å². The summed E-state index contributed by atoms with van der Waals surface area (Å²) in [6.07, 6.45) is 3.80. The molecule has 0 radical (unpaired) electrons. The molecule has 0 saturated carbocycles. The molecule has 1 aliphatic heterocycles. The van der Waals surface area contributed by atoms with Gasteiger partial charge in [0, 0.05) is 34.7 Å². The number of hydrogen-bond donors (Lipinski definition) is 2. The number of nitrogen functional groups attached to an aromatic ring is 1. The number of nitrogens with zero attached hydrogens (tertiary/aromatic N) is 4. The highest BCUT2D eigenvalue weighted by Crippen LogP contribution is 2.39. The van der Waals surface area contributed by atoms with Crippen LogP contribution in [0.1, 0.15) is 23.7 Å². The van der Waals surface area contributed by atoms with E-state index in [9.17, 15) is 0 Å². The fraction of sp³-hybridized carbons (Fsp3) is 0.238. The molecule has 1 aliphatic rings. The highest BCUT2D eigenvalue weighted by Gasteiger charge is 2.22. The average molecular weight is 407 g/mol. The molecule has 8 heteroatoms. The van der Waals surface area contributed by atoms with Gasteiger partial charge in [0.15, 0.2) is 10.8 Å². The molecular formula is C21H22N6OS. The van der Waals surface area contributed by atoms with Gasteiger partial charge in [-0.25, -0.2) is 15.0 Å². The standard InChI is InChI=1S/C21H22N6OS/c1-12(2)26-20(25-11-22)21-27-19-15-5-3-13(14-4-6-18(23)24-10-14)9-16(15)28-8-7-17(19)29-21/h3-6,9-12H,7-8H2,1-2H3,(H2,23,24)(H2,22,25,26). The van der Waals surface area contributed by atoms with Gasteiger partial charge < -0.3 is 16.2 Å². The number of thiazole rings is 1. The first kappa shape index (κ1) is 19.1. The Morgan fingerprint density at radius 1 is 1.24 bits per heavy atom. The van der Waals surface area contributed by atoms with Crippen LogP contribution in [0.3, 0.4) is 0 Å². The van der Waals surface area contributed by atoms with E-state index in [0.717, 1.165) is 44.4 Å². The molecule has 0 aliphatic carbocycles. The van der Waals surface area contributed by atoms with Gasteiger partial charge in [0.25, 0.3) is 0 Å². The largest absolute Gasteiger partial charge is 0.492 e. The average Bonchev–Trinajstić information content (AvgIpc) is 3.04. The Labute approximate surface area is 173 Å². The van der Waals surface area contributed by atoms with Crippen LogP contribution in [-0.2, 0) is 6.42 Å². The summed E-state index contributed by atoms with van der Waals surface area (Å²) in [5.41, 5.74) is 15.1. The number of benzene rings is 1. The van der Waals surface area contributed by atoms with Gasteiger partial charge in [-0.2, -0.15) is 0 Å². The van der Waals surface area contributed by atoms with Crippen molar-refractivity contribution < 1.29 is 4.74 Å². The monoisotopic (exact) mass is 406 g/mol. The molecule has 4 rings (SSSR count). The minimum absolute atomic E-state index is 0.101. The lowest BCUT2D eigenvalue weighted by molar-refractivity contribution is 0.327. The second-order valence-corrected chi connectivity index (χ2v) is 7.98. The van der Waals surface area contributed by atoms with E-state index in [1.807, 2.05) is 38.1 Å². The summed E-state index contributed by atoms with van der Waals surface area (Å²) < 4.78 is 6.03. The number of pyridine rings is 1. The van der Waals surface area contributed by atoms with E-state index >= 15 is 0 Å². The summed E-state index contributed by atoms with van der Waals surface area (Å²) in [5, 5.41) is 0.769. The third-order valence-corrected chi connectivity index (χ3v) is 5.52. The first-order valence-electron chi connectivity index (χ1n) is 9.36. The van der Waals surface area contributed by atoms with Crippen molar-refractivity contribution in [1.29, 1.82) is 0 Å². The molecule has 4 N–H and O–H groups in total. The Morgan fingerprint density at radius 2 is 2.07 bits per heavy atom. The third-order valence-electron chi connectivity index (χ3n) is 4.41. The van der Waals surface area contributed by atoms with Crippen molar-refractivity contribution in [2.75, 3.05) is 12.3 Å². The zero-order valence-corrected chi connectivity index (χ0v) is 17.1. The van der Waals surface area contributed by atoms with E-state index in [4.69, 9.17) is 21.2 Å². The summed E-state index contributed by atoms with van der Waals surface area (Å²) in [5.74, 6) is 1.87. The van der Waals surface area contributed by atoms with Crippen molar-refractivity contribution in [2.24, 2.45) is 15.7 Å². The zero-order valence-electron chi connectivity index (χ0n) is 16.3. The summed E-state index contributed by atoms with van der Waals surface area (Å²) >= 11 is 1.59. The van der Waals surface area contributed by atoms with Crippen molar-refractivity contribution in [3.05, 3.63) is 46.4 Å². The second kappa shape index (κ2) is 8.00. The molecule has 3 aromatic rings. The molecule has 148 valence electrons. The fourth-order valence-electron chi connectivity index (χ4n) is 3.13. The Kier molecular flexibility index (Phi) is 5.26. The summed E-state index contributed by atoms with van der Waals surface area (Å²) in [7, 11) is 0. The van der Waals surface area contributed by atoms with Gasteiger partial charge in [0.1, 0.15) is 11.6 Å². The molecule has 29 heavy (non-hydrogen) atoms. The fourth-order valence-corrected chi connectivity index (χ4v) is 4.14. The summed E-state index contributed by atoms with van der Waals surface area (Å²) in [6.45, 7) is 4.59. The van der Waals surface area contributed by atoms with Crippen LogP contribution in [0.5, 0.6) is 5.75 Å². The number of aliphatic imine (C=N–C) groups is 2. The molecule has 0 bridgehead atoms. The normalized spacial score (nSPS) is 13.8. The quantitative estimate of drug-likeness (QED) is 0.510. The molecule has 0 saturated heterocycles. The van der Waals surface area contributed by atoms with E-state index in [1.165, 1.54) is 6.34 Å². The Bertz CT molecular complexity index is 1090. The van der Waals surface area contributed by atoms with Crippen LogP contribution in [0.15, 0.2) is 46.5 Å². The van der Waals surface area contributed by atoms with Crippen LogP contribution in [-0.4, -0.2) is 34.8 Å². The van der Waals surface area contributed by atoms with E-state index in [-0.39, 0.29) is 6.04 Å². The molecule has 0 atom stereocenters. The third kappa shape index (κ3) is 3.97. The molecule has 2 aromatic heterocycles. The number of rotatable bonds is 3. The van der Waals surface area contributed by atoms with Crippen LogP contribution >= 0.6 is 11.3 Å². The first-order chi connectivity index (χ1) is 14.0. The molecule has 0 unspecified atom stereocenters. The number of amidine groups is 1. The molecule has 0 spiro atoms. The van der Waals surface area contributed by atoms with Gasteiger partial charge in [-0.15, -0.1) is 11.3 Å². The number of ether oxygens (including phenoxy) is 1. The summed E-state index contributed by atoms with van der Waals surface area (Å²) in [4.78, 5) is 19.0. The Morgan fingerprint density at radius 3 is 2.79 bits per heavy atom. The predicted molar refractivity (Wildman–Crippen MR) is 119 cm³/mol. The van der Waals surface area contributed by atoms with Gasteiger partial charge in [-0.3, -0.25) is 4.99 Å². The Hall–Kier alpha value is -3.26. The molecule has 3 heterocycles. The van der Waals surface area contributed by atoms with Gasteiger partial charge in [0.05, 0.1) is 18.6 Å². The SMILES string of the molecule is CC(C)N=C(N=CN)c1nc2c(s1)CCOc1cc(-c3ccc(N)nc3)ccc1-2. The Balaban J connectivity index is 1.76. The van der Waals surface area contributed by atoms with Gasteiger partial charge in [0.2, 0.25) is 0 Å². The maximum absolute atomic E-state index is 6.03. The lowest BCUT2D eigenvalue weighted by Gasteiger charge is -2.10. The van der Waals surface area contributed by atoms with Gasteiger partial charge in [-0.05, 0) is 43.7 Å². The molecule has 1 aromatic carbocycles. The van der Waals surface area contributed by atoms with E-state index in [0.29, 0.717) is 18.3 Å². The van der Waals surface area contributed by atoms with Crippen LogP contribution in [0.25, 0.3) is 22.4 Å². The van der Waals surface area contributed by atoms with Crippen molar-refractivity contribution in [3.63, 3.8) is 0 Å². The minimum atomic E-state index is 0.101. The van der Waals surface area contributed by atoms with Crippen LogP contribution in [0.2, 0.25) is 0 Å². The van der Waals surface area contributed by atoms with Gasteiger partial charge >= 0.3 is 0 Å². The molecule has 0 amide bonds. The van der Waals surface area contributed by atoms with Crippen molar-refractivity contribution >= 4 is 29.3 Å². The first-order valence-corrected chi connectivity index (χ1v) is 10.2. The number of hydrogen-bond acceptors (Lipinski definition) is 6. The predicted octanol–water partition coefficient (Wildman–Crippen LogP) is 3.53. The van der Waals surface area contributed by atoms with E-state index in [2.05, 4.69) is 15.0 Å². The number of nitrogens with two attached hydrogens (primary N) is 2. The minimum Gasteiger partial charge on any atom is -0.492 e. The van der Waals surface area contributed by atoms with Crippen LogP contribution in [0.4, 0.5) is 5.82 Å². The van der Waals surface area contributed by atoms with Crippen molar-refractivity contribution in [2.45, 2.75) is 26.3 Å². The molecule has 7 nitrogen and oxygen atoms in total. The smallest absolute Gasteiger partial charge is 0.185 e. The van der Waals surface area contributed by atoms with Crippen molar-refractivity contribution in [1.82, 2.24) is 9.97 Å². The highest BCUT2D eigenvalue weighted by molar-refractivity contribution is 7.14.